The summed E-state index contributed by atoms with van der Waals surface area (Å²) in [6.45, 7) is 1.17. The second-order valence-electron chi connectivity index (χ2n) is 4.12. The lowest BCUT2D eigenvalue weighted by atomic mass is 10.1. The molecule has 5 N–H and O–H groups in total. The van der Waals surface area contributed by atoms with E-state index < -0.39 is 0 Å². The summed E-state index contributed by atoms with van der Waals surface area (Å²) < 4.78 is 0. The molecule has 0 aliphatic carbocycles. The van der Waals surface area contributed by atoms with Gasteiger partial charge in [-0.15, -0.1) is 0 Å². The Hall–Kier alpha value is -1.47. The number of hydrogen-bond donors (Lipinski definition) is 5. The first kappa shape index (κ1) is 13.0. The largest absolute Gasteiger partial charge is 0.394 e. The Morgan fingerprint density at radius 2 is 2.00 bits per heavy atom. The molecule has 1 aliphatic heterocycles. The number of carbonyl (C=O) groups excluding carboxylic acids is 1. The van der Waals surface area contributed by atoms with E-state index in [1.807, 2.05) is 18.2 Å². The van der Waals surface area contributed by atoms with Crippen LogP contribution in [0.25, 0.3) is 0 Å². The first-order valence-electron chi connectivity index (χ1n) is 5.95. The van der Waals surface area contributed by atoms with E-state index in [-0.39, 0.29) is 24.7 Å². The first-order chi connectivity index (χ1) is 8.81. The summed E-state index contributed by atoms with van der Waals surface area (Å²) in [6, 6.07) is 8.60. The van der Waals surface area contributed by atoms with Crippen molar-refractivity contribution >= 4 is 5.91 Å². The molecule has 6 heteroatoms. The number of aliphatic hydroxyl groups is 1. The molecular formula is C12H18N4O2. The molecule has 1 aliphatic rings. The molecule has 1 unspecified atom stereocenters. The van der Waals surface area contributed by atoms with Crippen LogP contribution in [-0.4, -0.2) is 43.2 Å². The van der Waals surface area contributed by atoms with Crippen LogP contribution >= 0.6 is 0 Å². The van der Waals surface area contributed by atoms with Crippen LogP contribution in [0, 0.1) is 0 Å². The minimum atomic E-state index is -0.361. The van der Waals surface area contributed by atoms with E-state index in [2.05, 4.69) is 21.3 Å². The maximum Gasteiger partial charge on any atom is 0.251 e. The molecule has 18 heavy (non-hydrogen) atoms. The maximum atomic E-state index is 12.0. The van der Waals surface area contributed by atoms with Crippen molar-refractivity contribution in [3.8, 4) is 0 Å². The summed E-state index contributed by atoms with van der Waals surface area (Å²) in [5, 5.41) is 21.5. The maximum absolute atomic E-state index is 12.0. The number of benzene rings is 1. The summed E-state index contributed by atoms with van der Waals surface area (Å²) in [5.74, 6) is -0.184. The minimum absolute atomic E-state index is 0.122. The van der Waals surface area contributed by atoms with E-state index >= 15 is 0 Å². The van der Waals surface area contributed by atoms with Crippen molar-refractivity contribution < 1.29 is 9.90 Å². The zero-order valence-electron chi connectivity index (χ0n) is 10.0. The fraction of sp³-hybridized carbons (Fsp3) is 0.417. The van der Waals surface area contributed by atoms with Crippen molar-refractivity contribution in [2.75, 3.05) is 19.9 Å². The van der Waals surface area contributed by atoms with Gasteiger partial charge in [0.1, 0.15) is 0 Å². The van der Waals surface area contributed by atoms with Crippen LogP contribution in [0.4, 0.5) is 0 Å². The number of nitrogens with one attached hydrogen (secondary N) is 4. The van der Waals surface area contributed by atoms with Gasteiger partial charge >= 0.3 is 0 Å². The van der Waals surface area contributed by atoms with Crippen molar-refractivity contribution in [2.24, 2.45) is 0 Å². The highest BCUT2D eigenvalue weighted by molar-refractivity contribution is 5.94. The molecule has 1 aromatic carbocycles. The standard InChI is InChI=1S/C12H18N4O2/c17-6-10(11-14-7-13-8-15-11)16-12(18)9-4-2-1-3-5-9/h1-5,10-11,13-15,17H,6-8H2,(H,16,18). The zero-order chi connectivity index (χ0) is 12.8. The van der Waals surface area contributed by atoms with Gasteiger partial charge in [0, 0.05) is 18.9 Å². The van der Waals surface area contributed by atoms with Gasteiger partial charge in [0.25, 0.3) is 5.91 Å². The number of hydrogen-bond acceptors (Lipinski definition) is 5. The third-order valence-electron chi connectivity index (χ3n) is 2.85. The SMILES string of the molecule is O=C(NC(CO)C1NCNCN1)c1ccccc1. The molecule has 1 atom stereocenters. The Balaban J connectivity index is 1.95. The molecule has 6 nitrogen and oxygen atoms in total. The van der Waals surface area contributed by atoms with E-state index in [4.69, 9.17) is 0 Å². The highest BCUT2D eigenvalue weighted by Gasteiger charge is 2.23. The lowest BCUT2D eigenvalue weighted by Gasteiger charge is -2.32. The third kappa shape index (κ3) is 3.27. The molecule has 0 saturated carbocycles. The lowest BCUT2D eigenvalue weighted by Crippen LogP contribution is -2.65. The summed E-state index contributed by atoms with van der Waals surface area (Å²) in [7, 11) is 0. The molecule has 1 fully saturated rings. The highest BCUT2D eigenvalue weighted by atomic mass is 16.3. The van der Waals surface area contributed by atoms with Gasteiger partial charge in [0.2, 0.25) is 0 Å². The smallest absolute Gasteiger partial charge is 0.251 e. The molecule has 2 rings (SSSR count). The normalized spacial score (nSPS) is 18.3. The molecule has 1 aromatic rings. The molecule has 0 bridgehead atoms. The van der Waals surface area contributed by atoms with E-state index in [9.17, 15) is 9.90 Å². The van der Waals surface area contributed by atoms with Crippen LogP contribution in [0.3, 0.4) is 0 Å². The molecule has 1 heterocycles. The van der Waals surface area contributed by atoms with Gasteiger partial charge in [0.15, 0.2) is 0 Å². The van der Waals surface area contributed by atoms with Crippen molar-refractivity contribution in [2.45, 2.75) is 12.2 Å². The Kier molecular flexibility index (Phi) is 4.66. The van der Waals surface area contributed by atoms with Crippen LogP contribution in [0.2, 0.25) is 0 Å². The third-order valence-corrected chi connectivity index (χ3v) is 2.85. The van der Waals surface area contributed by atoms with Gasteiger partial charge < -0.3 is 10.4 Å². The molecule has 0 spiro atoms. The Bertz CT molecular complexity index is 379. The van der Waals surface area contributed by atoms with Gasteiger partial charge in [0.05, 0.1) is 18.8 Å². The number of aliphatic hydroxyl groups excluding tert-OH is 1. The average Bonchev–Trinajstić information content (AvgIpc) is 2.46. The van der Waals surface area contributed by atoms with Gasteiger partial charge in [-0.2, -0.15) is 0 Å². The summed E-state index contributed by atoms with van der Waals surface area (Å²) in [4.78, 5) is 12.0. The quantitative estimate of drug-likeness (QED) is 0.463. The highest BCUT2D eigenvalue weighted by Crippen LogP contribution is 2.00. The Labute approximate surface area is 106 Å². The predicted molar refractivity (Wildman–Crippen MR) is 67.7 cm³/mol. The second kappa shape index (κ2) is 6.46. The monoisotopic (exact) mass is 250 g/mol. The number of amides is 1. The molecule has 98 valence electrons. The topological polar surface area (TPSA) is 85.4 Å². The van der Waals surface area contributed by atoms with Crippen LogP contribution < -0.4 is 21.3 Å². The van der Waals surface area contributed by atoms with Gasteiger partial charge in [-0.1, -0.05) is 18.2 Å². The summed E-state index contributed by atoms with van der Waals surface area (Å²) in [6.07, 6.45) is -0.135. The van der Waals surface area contributed by atoms with Gasteiger partial charge in [-0.25, -0.2) is 0 Å². The van der Waals surface area contributed by atoms with Crippen LogP contribution in [0.1, 0.15) is 10.4 Å². The zero-order valence-corrected chi connectivity index (χ0v) is 10.0. The van der Waals surface area contributed by atoms with E-state index in [1.165, 1.54) is 0 Å². The average molecular weight is 250 g/mol. The van der Waals surface area contributed by atoms with Crippen molar-refractivity contribution in [1.29, 1.82) is 0 Å². The predicted octanol–water partition coefficient (Wildman–Crippen LogP) is -1.20. The van der Waals surface area contributed by atoms with E-state index in [0.717, 1.165) is 0 Å². The fourth-order valence-corrected chi connectivity index (χ4v) is 1.86. The number of rotatable bonds is 4. The first-order valence-corrected chi connectivity index (χ1v) is 5.95. The minimum Gasteiger partial charge on any atom is -0.394 e. The Morgan fingerprint density at radius 3 is 2.61 bits per heavy atom. The molecule has 1 saturated heterocycles. The van der Waals surface area contributed by atoms with E-state index in [0.29, 0.717) is 18.9 Å². The molecule has 0 radical (unpaired) electrons. The Morgan fingerprint density at radius 1 is 1.33 bits per heavy atom. The van der Waals surface area contributed by atoms with Crippen LogP contribution in [0.15, 0.2) is 30.3 Å². The molecular weight excluding hydrogens is 232 g/mol. The van der Waals surface area contributed by atoms with Gasteiger partial charge in [-0.3, -0.25) is 20.7 Å². The fourth-order valence-electron chi connectivity index (χ4n) is 1.86. The van der Waals surface area contributed by atoms with Crippen molar-refractivity contribution in [3.05, 3.63) is 35.9 Å². The second-order valence-corrected chi connectivity index (χ2v) is 4.12. The molecule has 1 amide bonds. The van der Waals surface area contributed by atoms with E-state index in [1.54, 1.807) is 12.1 Å². The van der Waals surface area contributed by atoms with Crippen LogP contribution in [-0.2, 0) is 0 Å². The van der Waals surface area contributed by atoms with Crippen molar-refractivity contribution in [3.63, 3.8) is 0 Å². The summed E-state index contributed by atoms with van der Waals surface area (Å²) >= 11 is 0. The number of carbonyl (C=O) groups is 1. The van der Waals surface area contributed by atoms with Crippen LogP contribution in [0.5, 0.6) is 0 Å². The van der Waals surface area contributed by atoms with Crippen molar-refractivity contribution in [1.82, 2.24) is 21.3 Å². The van der Waals surface area contributed by atoms with Gasteiger partial charge in [-0.05, 0) is 12.1 Å². The summed E-state index contributed by atoms with van der Waals surface area (Å²) in [5.41, 5.74) is 0.588. The lowest BCUT2D eigenvalue weighted by molar-refractivity contribution is 0.0880. The molecule has 0 aromatic heterocycles.